The van der Waals surface area contributed by atoms with E-state index in [1.54, 1.807) is 40.5 Å². The first-order valence-corrected chi connectivity index (χ1v) is 13.5. The number of ether oxygens (including phenoxy) is 1. The molecular formula is C28H30N10O3. The van der Waals surface area contributed by atoms with E-state index in [0.29, 0.717) is 73.3 Å². The molecule has 0 saturated carbocycles. The number of urea groups is 1. The number of pyridine rings is 2. The smallest absolute Gasteiger partial charge is 0.339 e. The number of imidazole rings is 1. The molecule has 13 heteroatoms. The van der Waals surface area contributed by atoms with Crippen LogP contribution in [0.25, 0.3) is 44.7 Å². The van der Waals surface area contributed by atoms with Gasteiger partial charge in [0.05, 0.1) is 41.6 Å². The summed E-state index contributed by atoms with van der Waals surface area (Å²) < 4.78 is 5.33. The predicted molar refractivity (Wildman–Crippen MR) is 154 cm³/mol. The second-order valence-corrected chi connectivity index (χ2v) is 9.64. The summed E-state index contributed by atoms with van der Waals surface area (Å²) in [6, 6.07) is 8.93. The highest BCUT2D eigenvalue weighted by Gasteiger charge is 2.23. The minimum absolute atomic E-state index is 0.0667. The Labute approximate surface area is 235 Å². The number of carbonyl (C=O) groups excluding carboxylic acids is 2. The van der Waals surface area contributed by atoms with Crippen LogP contribution in [0.5, 0.6) is 0 Å². The van der Waals surface area contributed by atoms with E-state index in [2.05, 4.69) is 25.1 Å². The Balaban J connectivity index is 1.34. The zero-order valence-electron chi connectivity index (χ0n) is 22.8. The van der Waals surface area contributed by atoms with Crippen LogP contribution in [0, 0.1) is 0 Å². The number of hydrogen-bond acceptors (Lipinski definition) is 8. The van der Waals surface area contributed by atoms with Crippen molar-refractivity contribution < 1.29 is 14.3 Å². The highest BCUT2D eigenvalue weighted by atomic mass is 16.5. The lowest BCUT2D eigenvalue weighted by atomic mass is 10.1. The van der Waals surface area contributed by atoms with E-state index < -0.39 is 0 Å². The van der Waals surface area contributed by atoms with E-state index in [4.69, 9.17) is 15.6 Å². The number of aromatic amines is 2. The molecule has 0 unspecified atom stereocenters. The van der Waals surface area contributed by atoms with Crippen molar-refractivity contribution in [3.8, 4) is 22.6 Å². The minimum atomic E-state index is -0.318. The second-order valence-electron chi connectivity index (χ2n) is 9.64. The van der Waals surface area contributed by atoms with Gasteiger partial charge in [0.1, 0.15) is 11.2 Å². The Morgan fingerprint density at radius 3 is 2.63 bits per heavy atom. The first-order valence-electron chi connectivity index (χ1n) is 13.5. The minimum Gasteiger partial charge on any atom is -0.378 e. The van der Waals surface area contributed by atoms with Crippen molar-refractivity contribution in [3.05, 3.63) is 54.5 Å². The maximum Gasteiger partial charge on any atom is 0.339 e. The largest absolute Gasteiger partial charge is 0.378 e. The van der Waals surface area contributed by atoms with Gasteiger partial charge in [-0.05, 0) is 38.1 Å². The standard InChI is InChI=1S/C28H30N10O3/c1-3-36(4-2)27(39)20-6-5-7-22-23(20)33-26(32-22)24-21-13-18(15-31-25(21)35-34-24)17-12-19(16-30-14-17)38(29)28(40)37-8-10-41-11-9-37/h5-7,12-16H,3-4,8-11,29H2,1-2H3,(H,32,33)(H,31,34,35). The van der Waals surface area contributed by atoms with Crippen molar-refractivity contribution in [2.24, 2.45) is 5.84 Å². The number of hydrazine groups is 1. The summed E-state index contributed by atoms with van der Waals surface area (Å²) in [6.45, 7) is 7.06. The van der Waals surface area contributed by atoms with E-state index in [-0.39, 0.29) is 11.9 Å². The van der Waals surface area contributed by atoms with E-state index in [0.717, 1.165) is 27.0 Å². The number of nitrogens with one attached hydrogen (secondary N) is 2. The van der Waals surface area contributed by atoms with E-state index in [9.17, 15) is 9.59 Å². The number of morpholine rings is 1. The predicted octanol–water partition coefficient (Wildman–Crippen LogP) is 3.18. The van der Waals surface area contributed by atoms with E-state index >= 15 is 0 Å². The van der Waals surface area contributed by atoms with Crippen LogP contribution in [0.4, 0.5) is 10.5 Å². The molecular weight excluding hydrogens is 524 g/mol. The molecule has 0 atom stereocenters. The molecule has 1 aromatic carbocycles. The summed E-state index contributed by atoms with van der Waals surface area (Å²) in [4.78, 5) is 46.4. The third kappa shape index (κ3) is 4.85. The molecule has 0 bridgehead atoms. The highest BCUT2D eigenvalue weighted by molar-refractivity contribution is 6.06. The maximum atomic E-state index is 13.1. The van der Waals surface area contributed by atoms with Gasteiger partial charge in [-0.1, -0.05) is 6.07 Å². The summed E-state index contributed by atoms with van der Waals surface area (Å²) >= 11 is 0. The lowest BCUT2D eigenvalue weighted by Gasteiger charge is -2.30. The number of nitrogens with zero attached hydrogens (tertiary/aromatic N) is 7. The van der Waals surface area contributed by atoms with Gasteiger partial charge in [0.25, 0.3) is 5.91 Å². The molecule has 0 spiro atoms. The van der Waals surface area contributed by atoms with Crippen LogP contribution in [0.1, 0.15) is 24.2 Å². The number of fused-ring (bicyclic) bond motifs is 2. The molecule has 0 radical (unpaired) electrons. The number of hydrogen-bond donors (Lipinski definition) is 3. The highest BCUT2D eigenvalue weighted by Crippen LogP contribution is 2.31. The fourth-order valence-corrected chi connectivity index (χ4v) is 4.97. The molecule has 1 aliphatic heterocycles. The van der Waals surface area contributed by atoms with E-state index in [1.807, 2.05) is 32.0 Å². The first-order chi connectivity index (χ1) is 20.0. The van der Waals surface area contributed by atoms with Crippen molar-refractivity contribution in [3.63, 3.8) is 0 Å². The number of aromatic nitrogens is 6. The topological polar surface area (TPSA) is 162 Å². The Morgan fingerprint density at radius 2 is 1.85 bits per heavy atom. The Hall–Kier alpha value is -4.88. The Morgan fingerprint density at radius 1 is 1.07 bits per heavy atom. The summed E-state index contributed by atoms with van der Waals surface area (Å²) in [5.41, 5.74) is 4.95. The van der Waals surface area contributed by atoms with Crippen LogP contribution in [0.2, 0.25) is 0 Å². The average Bonchev–Trinajstić information content (AvgIpc) is 3.65. The van der Waals surface area contributed by atoms with Crippen LogP contribution in [-0.4, -0.2) is 91.3 Å². The maximum absolute atomic E-state index is 13.1. The fraction of sp³-hybridized carbons (Fsp3) is 0.286. The normalized spacial score (nSPS) is 13.6. The second kappa shape index (κ2) is 10.9. The third-order valence-corrected chi connectivity index (χ3v) is 7.26. The van der Waals surface area contributed by atoms with Gasteiger partial charge < -0.3 is 19.5 Å². The van der Waals surface area contributed by atoms with Crippen LogP contribution in [0.3, 0.4) is 0 Å². The third-order valence-electron chi connectivity index (χ3n) is 7.26. The SMILES string of the molecule is CCN(CC)C(=O)c1cccc2[nH]c(-c3n[nH]c4ncc(-c5cncc(N(N)C(=O)N6CCOCC6)c5)cc34)nc12. The van der Waals surface area contributed by atoms with Crippen molar-refractivity contribution in [2.45, 2.75) is 13.8 Å². The van der Waals surface area contributed by atoms with Crippen molar-refractivity contribution in [1.29, 1.82) is 0 Å². The van der Waals surface area contributed by atoms with Crippen LogP contribution >= 0.6 is 0 Å². The molecule has 4 N–H and O–H groups in total. The zero-order valence-corrected chi connectivity index (χ0v) is 22.8. The summed E-state index contributed by atoms with van der Waals surface area (Å²) in [7, 11) is 0. The summed E-state index contributed by atoms with van der Waals surface area (Å²) in [5.74, 6) is 6.64. The van der Waals surface area contributed by atoms with Gasteiger partial charge in [0, 0.05) is 49.7 Å². The molecule has 1 aliphatic rings. The molecule has 3 amide bonds. The summed E-state index contributed by atoms with van der Waals surface area (Å²) in [6.07, 6.45) is 4.93. The first kappa shape index (κ1) is 26.3. The molecule has 0 aliphatic carbocycles. The number of para-hydroxylation sites is 1. The lowest BCUT2D eigenvalue weighted by molar-refractivity contribution is 0.0548. The van der Waals surface area contributed by atoms with Crippen LogP contribution in [-0.2, 0) is 4.74 Å². The fourth-order valence-electron chi connectivity index (χ4n) is 4.97. The molecule has 13 nitrogen and oxygen atoms in total. The molecule has 1 fully saturated rings. The molecule has 5 heterocycles. The number of rotatable bonds is 6. The monoisotopic (exact) mass is 554 g/mol. The number of amides is 3. The van der Waals surface area contributed by atoms with Crippen molar-refractivity contribution >= 4 is 39.7 Å². The molecule has 1 saturated heterocycles. The van der Waals surface area contributed by atoms with Gasteiger partial charge in [0.2, 0.25) is 0 Å². The Bertz CT molecular complexity index is 1740. The van der Waals surface area contributed by atoms with Crippen LogP contribution in [0.15, 0.2) is 48.9 Å². The molecule has 4 aromatic heterocycles. The quantitative estimate of drug-likeness (QED) is 0.164. The van der Waals surface area contributed by atoms with Gasteiger partial charge in [-0.2, -0.15) is 5.10 Å². The lowest BCUT2D eigenvalue weighted by Crippen LogP contribution is -2.51. The number of anilines is 1. The number of carbonyl (C=O) groups is 2. The molecule has 5 aromatic rings. The average molecular weight is 555 g/mol. The number of H-pyrrole nitrogens is 2. The number of benzene rings is 1. The van der Waals surface area contributed by atoms with Gasteiger partial charge in [-0.25, -0.2) is 25.6 Å². The molecule has 210 valence electrons. The van der Waals surface area contributed by atoms with Gasteiger partial charge in [-0.15, -0.1) is 0 Å². The van der Waals surface area contributed by atoms with Crippen LogP contribution < -0.4 is 10.9 Å². The van der Waals surface area contributed by atoms with E-state index in [1.165, 1.54) is 0 Å². The Kier molecular flexibility index (Phi) is 7.03. The van der Waals surface area contributed by atoms with Gasteiger partial charge in [0.15, 0.2) is 11.5 Å². The van der Waals surface area contributed by atoms with Gasteiger partial charge in [-0.3, -0.25) is 14.9 Å². The van der Waals surface area contributed by atoms with Crippen molar-refractivity contribution in [2.75, 3.05) is 44.4 Å². The van der Waals surface area contributed by atoms with Gasteiger partial charge >= 0.3 is 6.03 Å². The van der Waals surface area contributed by atoms with Crippen molar-refractivity contribution in [1.82, 2.24) is 39.9 Å². The molecule has 6 rings (SSSR count). The summed E-state index contributed by atoms with van der Waals surface area (Å²) in [5, 5.41) is 9.28. The molecule has 41 heavy (non-hydrogen) atoms. The zero-order chi connectivity index (χ0) is 28.5. The number of nitrogens with two attached hydrogens (primary N) is 1.